The fraction of sp³-hybridized carbons (Fsp3) is 0.800. The first-order valence-electron chi connectivity index (χ1n) is 4.86. The van der Waals surface area contributed by atoms with E-state index in [9.17, 15) is 0 Å². The van der Waals surface area contributed by atoms with Gasteiger partial charge in [-0.3, -0.25) is 0 Å². The zero-order valence-electron chi connectivity index (χ0n) is 8.30. The number of rotatable bonds is 4. The third kappa shape index (κ3) is 2.43. The van der Waals surface area contributed by atoms with Crippen molar-refractivity contribution >= 4 is 11.4 Å². The molecule has 0 atom stereocenters. The van der Waals surface area contributed by atoms with E-state index in [2.05, 4.69) is 31.0 Å². The fourth-order valence-electron chi connectivity index (χ4n) is 1.25. The molecule has 0 saturated carbocycles. The molecule has 12 heavy (non-hydrogen) atoms. The Balaban J connectivity index is 2.30. The normalized spacial score (nSPS) is 16.7. The molecule has 0 aromatic carbocycles. The molecule has 1 aliphatic heterocycles. The Labute approximate surface area is 74.8 Å². The SMILES string of the molecule is CCCCC1=NN=C(C(C)C)C1. The summed E-state index contributed by atoms with van der Waals surface area (Å²) < 4.78 is 0. The lowest BCUT2D eigenvalue weighted by Crippen LogP contribution is -2.08. The molecular weight excluding hydrogens is 148 g/mol. The van der Waals surface area contributed by atoms with Crippen LogP contribution in [0.3, 0.4) is 0 Å². The van der Waals surface area contributed by atoms with Crippen LogP contribution in [0.1, 0.15) is 46.5 Å². The average Bonchev–Trinajstić information content (AvgIpc) is 2.48. The van der Waals surface area contributed by atoms with Crippen LogP contribution in [0.4, 0.5) is 0 Å². The topological polar surface area (TPSA) is 24.7 Å². The van der Waals surface area contributed by atoms with Crippen molar-refractivity contribution in [2.45, 2.75) is 46.5 Å². The van der Waals surface area contributed by atoms with Gasteiger partial charge >= 0.3 is 0 Å². The van der Waals surface area contributed by atoms with E-state index in [4.69, 9.17) is 0 Å². The van der Waals surface area contributed by atoms with Crippen molar-refractivity contribution in [2.75, 3.05) is 0 Å². The van der Waals surface area contributed by atoms with Gasteiger partial charge in [-0.25, -0.2) is 0 Å². The van der Waals surface area contributed by atoms with Crippen LogP contribution in [-0.4, -0.2) is 11.4 Å². The summed E-state index contributed by atoms with van der Waals surface area (Å²) in [5, 5.41) is 8.35. The zero-order valence-corrected chi connectivity index (χ0v) is 8.30. The van der Waals surface area contributed by atoms with Crippen LogP contribution in [0.15, 0.2) is 10.2 Å². The van der Waals surface area contributed by atoms with Crippen LogP contribution in [0.25, 0.3) is 0 Å². The second-order valence-electron chi connectivity index (χ2n) is 3.69. The summed E-state index contributed by atoms with van der Waals surface area (Å²) >= 11 is 0. The summed E-state index contributed by atoms with van der Waals surface area (Å²) in [5.74, 6) is 0.563. The minimum absolute atomic E-state index is 0.563. The van der Waals surface area contributed by atoms with Crippen molar-refractivity contribution in [3.8, 4) is 0 Å². The quantitative estimate of drug-likeness (QED) is 0.613. The van der Waals surface area contributed by atoms with Crippen molar-refractivity contribution < 1.29 is 0 Å². The van der Waals surface area contributed by atoms with Gasteiger partial charge in [-0.05, 0) is 18.8 Å². The second-order valence-corrected chi connectivity index (χ2v) is 3.69. The van der Waals surface area contributed by atoms with Crippen LogP contribution in [0, 0.1) is 5.92 Å². The van der Waals surface area contributed by atoms with Gasteiger partial charge in [0.2, 0.25) is 0 Å². The lowest BCUT2D eigenvalue weighted by Gasteiger charge is -2.02. The van der Waals surface area contributed by atoms with E-state index in [1.54, 1.807) is 0 Å². The first-order chi connectivity index (χ1) is 5.74. The molecule has 1 heterocycles. The number of hydrogen-bond donors (Lipinski definition) is 0. The number of unbranched alkanes of at least 4 members (excludes halogenated alkanes) is 1. The van der Waals surface area contributed by atoms with E-state index in [0.717, 1.165) is 12.8 Å². The predicted octanol–water partition coefficient (Wildman–Crippen LogP) is 3.03. The van der Waals surface area contributed by atoms with Crippen molar-refractivity contribution in [1.82, 2.24) is 0 Å². The monoisotopic (exact) mass is 166 g/mol. The molecule has 0 aromatic heterocycles. The average molecular weight is 166 g/mol. The van der Waals surface area contributed by atoms with Gasteiger partial charge in [0.15, 0.2) is 0 Å². The lowest BCUT2D eigenvalue weighted by molar-refractivity contribution is 0.828. The van der Waals surface area contributed by atoms with E-state index >= 15 is 0 Å². The molecule has 2 heteroatoms. The summed E-state index contributed by atoms with van der Waals surface area (Å²) in [6.07, 6.45) is 4.66. The summed E-state index contributed by atoms with van der Waals surface area (Å²) in [6, 6.07) is 0. The highest BCUT2D eigenvalue weighted by Crippen LogP contribution is 2.13. The lowest BCUT2D eigenvalue weighted by atomic mass is 10.0. The molecule has 0 fully saturated rings. The molecule has 2 nitrogen and oxygen atoms in total. The van der Waals surface area contributed by atoms with Crippen molar-refractivity contribution in [2.24, 2.45) is 16.1 Å². The van der Waals surface area contributed by atoms with Crippen LogP contribution >= 0.6 is 0 Å². The second kappa shape index (κ2) is 4.39. The maximum Gasteiger partial charge on any atom is 0.0487 e. The molecule has 0 N–H and O–H groups in total. The van der Waals surface area contributed by atoms with Gasteiger partial charge in [0.05, 0.1) is 0 Å². The molecule has 0 bridgehead atoms. The Hall–Kier alpha value is -0.660. The molecule has 0 aromatic rings. The van der Waals surface area contributed by atoms with Crippen molar-refractivity contribution in [1.29, 1.82) is 0 Å². The number of nitrogens with zero attached hydrogens (tertiary/aromatic N) is 2. The zero-order chi connectivity index (χ0) is 8.97. The highest BCUT2D eigenvalue weighted by atomic mass is 15.2. The van der Waals surface area contributed by atoms with Crippen LogP contribution < -0.4 is 0 Å². The summed E-state index contributed by atoms with van der Waals surface area (Å²) in [7, 11) is 0. The van der Waals surface area contributed by atoms with Crippen LogP contribution in [-0.2, 0) is 0 Å². The van der Waals surface area contributed by atoms with Gasteiger partial charge < -0.3 is 0 Å². The first-order valence-corrected chi connectivity index (χ1v) is 4.86. The van der Waals surface area contributed by atoms with E-state index in [1.165, 1.54) is 24.3 Å². The van der Waals surface area contributed by atoms with E-state index < -0.39 is 0 Å². The Morgan fingerprint density at radius 2 is 2.08 bits per heavy atom. The maximum atomic E-state index is 4.18. The highest BCUT2D eigenvalue weighted by molar-refractivity contribution is 6.08. The standard InChI is InChI=1S/C10H18N2/c1-4-5-6-9-7-10(8(2)3)12-11-9/h8H,4-7H2,1-3H3. The molecule has 1 rings (SSSR count). The Morgan fingerprint density at radius 1 is 1.33 bits per heavy atom. The first kappa shape index (κ1) is 9.43. The van der Waals surface area contributed by atoms with Crippen LogP contribution in [0.5, 0.6) is 0 Å². The van der Waals surface area contributed by atoms with E-state index in [0.29, 0.717) is 5.92 Å². The van der Waals surface area contributed by atoms with Crippen molar-refractivity contribution in [3.63, 3.8) is 0 Å². The Morgan fingerprint density at radius 3 is 2.58 bits per heavy atom. The summed E-state index contributed by atoms with van der Waals surface area (Å²) in [4.78, 5) is 0. The van der Waals surface area contributed by atoms with Gasteiger partial charge in [0, 0.05) is 17.8 Å². The third-order valence-electron chi connectivity index (χ3n) is 2.19. The largest absolute Gasteiger partial charge is 0.160 e. The predicted molar refractivity (Wildman–Crippen MR) is 53.9 cm³/mol. The molecular formula is C10H18N2. The highest BCUT2D eigenvalue weighted by Gasteiger charge is 2.14. The molecule has 0 amide bonds. The third-order valence-corrected chi connectivity index (χ3v) is 2.19. The maximum absolute atomic E-state index is 4.18. The summed E-state index contributed by atoms with van der Waals surface area (Å²) in [5.41, 5.74) is 2.53. The molecule has 0 radical (unpaired) electrons. The van der Waals surface area contributed by atoms with Gasteiger partial charge in [-0.1, -0.05) is 27.2 Å². The van der Waals surface area contributed by atoms with Crippen molar-refractivity contribution in [3.05, 3.63) is 0 Å². The van der Waals surface area contributed by atoms with E-state index in [-0.39, 0.29) is 0 Å². The molecule has 0 unspecified atom stereocenters. The fourth-order valence-corrected chi connectivity index (χ4v) is 1.25. The minimum atomic E-state index is 0.563. The van der Waals surface area contributed by atoms with Gasteiger partial charge in [-0.2, -0.15) is 10.2 Å². The molecule has 1 aliphatic rings. The Bertz CT molecular complexity index is 202. The minimum Gasteiger partial charge on any atom is -0.160 e. The van der Waals surface area contributed by atoms with Gasteiger partial charge in [0.1, 0.15) is 0 Å². The smallest absolute Gasteiger partial charge is 0.0487 e. The van der Waals surface area contributed by atoms with E-state index in [1.807, 2.05) is 0 Å². The number of hydrogen-bond acceptors (Lipinski definition) is 2. The molecule has 0 aliphatic carbocycles. The van der Waals surface area contributed by atoms with Gasteiger partial charge in [0.25, 0.3) is 0 Å². The van der Waals surface area contributed by atoms with Gasteiger partial charge in [-0.15, -0.1) is 0 Å². The summed E-state index contributed by atoms with van der Waals surface area (Å²) in [6.45, 7) is 6.56. The molecule has 0 spiro atoms. The molecule has 68 valence electrons. The van der Waals surface area contributed by atoms with Crippen LogP contribution in [0.2, 0.25) is 0 Å². The Kier molecular flexibility index (Phi) is 3.45. The molecule has 0 saturated heterocycles.